The van der Waals surface area contributed by atoms with Crippen LogP contribution < -0.4 is 9.47 Å². The Hall–Kier alpha value is -5.09. The molecular weight excluding hydrogens is 569 g/mol. The molecule has 230 valence electrons. The second-order valence-electron chi connectivity index (χ2n) is 10.4. The highest BCUT2D eigenvalue weighted by Gasteiger charge is 2.30. The number of benzene rings is 3. The predicted octanol–water partition coefficient (Wildman–Crippen LogP) is 5.71. The number of carboxylic acids is 2. The van der Waals surface area contributed by atoms with Crippen LogP contribution in [-0.4, -0.2) is 70.2 Å². The Balaban J connectivity index is 0.000000382. The van der Waals surface area contributed by atoms with Crippen LogP contribution in [0.3, 0.4) is 0 Å². The van der Waals surface area contributed by atoms with E-state index in [9.17, 15) is 24.2 Å². The van der Waals surface area contributed by atoms with E-state index in [0.29, 0.717) is 12.4 Å². The van der Waals surface area contributed by atoms with Gasteiger partial charge < -0.3 is 29.9 Å². The van der Waals surface area contributed by atoms with E-state index in [0.717, 1.165) is 77.5 Å². The number of aromatic hydroxyl groups is 2. The molecule has 3 aromatic carbocycles. The number of phenols is 2. The number of alkyl halides is 1. The van der Waals surface area contributed by atoms with Crippen LogP contribution in [0.4, 0.5) is 4.39 Å². The Morgan fingerprint density at radius 3 is 2.23 bits per heavy atom. The number of carbonyl (C=O) groups is 2. The topological polar surface area (TPSA) is 137 Å². The summed E-state index contributed by atoms with van der Waals surface area (Å²) in [5, 5.41) is 36.1. The number of nitrogens with zero attached hydrogens (tertiary/aromatic N) is 1. The van der Waals surface area contributed by atoms with E-state index in [1.54, 1.807) is 30.3 Å². The molecule has 0 spiro atoms. The Bertz CT molecular complexity index is 1540. The zero-order valence-electron chi connectivity index (χ0n) is 24.1. The SMILES string of the molecule is CC1=C(c2cccc(O)c2)[C@H](c2ccc(OCCN3CC(CF)C3)cc2)Oc2ccc(O)cc21.O=C(O)/C=C/C=C/C(=O)O. The molecule has 0 amide bonds. The van der Waals surface area contributed by atoms with Crippen LogP contribution in [-0.2, 0) is 9.59 Å². The second-order valence-corrected chi connectivity index (χ2v) is 10.4. The highest BCUT2D eigenvalue weighted by Crippen LogP contribution is 2.47. The molecule has 9 nitrogen and oxygen atoms in total. The van der Waals surface area contributed by atoms with Gasteiger partial charge in [0.05, 0.1) is 6.67 Å². The molecule has 1 saturated heterocycles. The van der Waals surface area contributed by atoms with Gasteiger partial charge in [-0.1, -0.05) is 36.4 Å². The van der Waals surface area contributed by atoms with Gasteiger partial charge in [0, 0.05) is 48.8 Å². The standard InChI is InChI=1S/C28H28FNO4.C6H6O4/c1-18-25-14-23(32)7-10-26(25)34-28(27(18)21-3-2-4-22(31)13-21)20-5-8-24(9-6-20)33-12-11-30-16-19(15-29)17-30;7-5(8)3-1-2-4-6(9)10/h2-10,13-14,19,28,31-32H,11-12,15-17H2,1H3;1-4H,(H,7,8)(H,9,10)/b;3-1+,4-2+/t28-;/m0./s1. The molecule has 0 saturated carbocycles. The van der Waals surface area contributed by atoms with Crippen LogP contribution in [0.25, 0.3) is 11.1 Å². The number of ether oxygens (including phenoxy) is 2. The third kappa shape index (κ3) is 8.48. The number of carboxylic acid groups (broad SMARTS) is 2. The van der Waals surface area contributed by atoms with Crippen LogP contribution in [0.1, 0.15) is 29.7 Å². The largest absolute Gasteiger partial charge is 0.508 e. The van der Waals surface area contributed by atoms with Gasteiger partial charge in [-0.3, -0.25) is 9.29 Å². The molecule has 2 aliphatic rings. The summed E-state index contributed by atoms with van der Waals surface area (Å²) < 4.78 is 24.9. The van der Waals surface area contributed by atoms with Gasteiger partial charge in [0.1, 0.15) is 35.7 Å². The Labute approximate surface area is 254 Å². The van der Waals surface area contributed by atoms with Crippen LogP contribution in [0.2, 0.25) is 0 Å². The zero-order chi connectivity index (χ0) is 31.6. The molecule has 10 heteroatoms. The van der Waals surface area contributed by atoms with Gasteiger partial charge in [-0.2, -0.15) is 0 Å². The van der Waals surface area contributed by atoms with Gasteiger partial charge >= 0.3 is 11.9 Å². The summed E-state index contributed by atoms with van der Waals surface area (Å²) >= 11 is 0. The van der Waals surface area contributed by atoms with Gasteiger partial charge in [-0.25, -0.2) is 9.59 Å². The maximum absolute atomic E-state index is 12.6. The quantitative estimate of drug-likeness (QED) is 0.170. The Morgan fingerprint density at radius 1 is 0.955 bits per heavy atom. The minimum atomic E-state index is -1.10. The highest BCUT2D eigenvalue weighted by molar-refractivity contribution is 5.96. The summed E-state index contributed by atoms with van der Waals surface area (Å²) in [7, 11) is 0. The van der Waals surface area contributed by atoms with Crippen molar-refractivity contribution in [1.82, 2.24) is 4.90 Å². The third-order valence-electron chi connectivity index (χ3n) is 7.13. The number of hydrogen-bond acceptors (Lipinski definition) is 7. The number of likely N-dealkylation sites (tertiary alicyclic amines) is 1. The lowest BCUT2D eigenvalue weighted by Crippen LogP contribution is -2.49. The van der Waals surface area contributed by atoms with E-state index in [2.05, 4.69) is 4.90 Å². The molecule has 0 aromatic heterocycles. The molecule has 4 N–H and O–H groups in total. The minimum absolute atomic E-state index is 0.176. The number of halogens is 1. The Morgan fingerprint density at radius 2 is 1.61 bits per heavy atom. The van der Waals surface area contributed by atoms with Crippen molar-refractivity contribution in [2.45, 2.75) is 13.0 Å². The lowest BCUT2D eigenvalue weighted by atomic mass is 9.86. The van der Waals surface area contributed by atoms with Crippen LogP contribution >= 0.6 is 0 Å². The molecular formula is C34H34FNO8. The van der Waals surface area contributed by atoms with Crippen molar-refractivity contribution in [3.8, 4) is 23.0 Å². The Kier molecular flexibility index (Phi) is 10.8. The minimum Gasteiger partial charge on any atom is -0.508 e. The zero-order valence-corrected chi connectivity index (χ0v) is 24.1. The first kappa shape index (κ1) is 31.8. The van der Waals surface area contributed by atoms with Gasteiger partial charge in [-0.15, -0.1) is 0 Å². The van der Waals surface area contributed by atoms with E-state index in [-0.39, 0.29) is 30.2 Å². The summed E-state index contributed by atoms with van der Waals surface area (Å²) in [5.74, 6) is -0.193. The fraction of sp³-hybridized carbons (Fsp3) is 0.235. The van der Waals surface area contributed by atoms with Crippen LogP contribution in [0.15, 0.2) is 91.0 Å². The number of hydrogen-bond donors (Lipinski definition) is 4. The molecule has 2 heterocycles. The summed E-state index contributed by atoms with van der Waals surface area (Å²) in [6.45, 7) is 4.72. The summed E-state index contributed by atoms with van der Waals surface area (Å²) in [6, 6.07) is 20.1. The highest BCUT2D eigenvalue weighted by atomic mass is 19.1. The third-order valence-corrected chi connectivity index (χ3v) is 7.13. The van der Waals surface area contributed by atoms with Crippen molar-refractivity contribution in [3.05, 3.63) is 108 Å². The van der Waals surface area contributed by atoms with Gasteiger partial charge in [0.15, 0.2) is 0 Å². The fourth-order valence-corrected chi connectivity index (χ4v) is 4.98. The molecule has 0 bridgehead atoms. The molecule has 3 aromatic rings. The maximum Gasteiger partial charge on any atom is 0.328 e. The van der Waals surface area contributed by atoms with E-state index in [1.165, 1.54) is 0 Å². The van der Waals surface area contributed by atoms with Gasteiger partial charge in [0.2, 0.25) is 0 Å². The molecule has 44 heavy (non-hydrogen) atoms. The lowest BCUT2D eigenvalue weighted by molar-refractivity contribution is -0.132. The molecule has 5 rings (SSSR count). The number of fused-ring (bicyclic) bond motifs is 1. The average Bonchev–Trinajstić information content (AvgIpc) is 2.97. The normalized spacial score (nSPS) is 16.5. The smallest absolute Gasteiger partial charge is 0.328 e. The number of phenolic OH excluding ortho intramolecular Hbond substituents is 2. The van der Waals surface area contributed by atoms with Crippen molar-refractivity contribution < 1.29 is 43.9 Å². The van der Waals surface area contributed by atoms with Crippen molar-refractivity contribution in [2.24, 2.45) is 5.92 Å². The molecule has 0 unspecified atom stereocenters. The monoisotopic (exact) mass is 603 g/mol. The molecule has 0 radical (unpaired) electrons. The first-order chi connectivity index (χ1) is 21.1. The van der Waals surface area contributed by atoms with E-state index in [1.807, 2.05) is 43.3 Å². The fourth-order valence-electron chi connectivity index (χ4n) is 4.98. The summed E-state index contributed by atoms with van der Waals surface area (Å²) in [6.07, 6.45) is 3.58. The van der Waals surface area contributed by atoms with Crippen LogP contribution in [0.5, 0.6) is 23.0 Å². The average molecular weight is 604 g/mol. The molecule has 1 atom stereocenters. The van der Waals surface area contributed by atoms with Crippen molar-refractivity contribution in [3.63, 3.8) is 0 Å². The second kappa shape index (κ2) is 14.9. The number of allylic oxidation sites excluding steroid dienone is 3. The van der Waals surface area contributed by atoms with Crippen molar-refractivity contribution in [2.75, 3.05) is 32.9 Å². The number of rotatable bonds is 10. The molecule has 1 fully saturated rings. The summed E-state index contributed by atoms with van der Waals surface area (Å²) in [5.41, 5.74) is 4.56. The molecule has 2 aliphatic heterocycles. The first-order valence-corrected chi connectivity index (χ1v) is 14.0. The lowest BCUT2D eigenvalue weighted by Gasteiger charge is -2.37. The van der Waals surface area contributed by atoms with Gasteiger partial charge in [-0.05, 0) is 66.1 Å². The number of aliphatic carboxylic acids is 2. The van der Waals surface area contributed by atoms with Crippen molar-refractivity contribution in [1.29, 1.82) is 0 Å². The summed E-state index contributed by atoms with van der Waals surface area (Å²) in [4.78, 5) is 21.7. The van der Waals surface area contributed by atoms with E-state index in [4.69, 9.17) is 19.7 Å². The van der Waals surface area contributed by atoms with Crippen molar-refractivity contribution >= 4 is 23.1 Å². The molecule has 0 aliphatic carbocycles. The van der Waals surface area contributed by atoms with Gasteiger partial charge in [0.25, 0.3) is 0 Å². The first-order valence-electron chi connectivity index (χ1n) is 14.0. The van der Waals surface area contributed by atoms with Crippen LogP contribution in [0, 0.1) is 5.92 Å². The maximum atomic E-state index is 12.6. The van der Waals surface area contributed by atoms with E-state index < -0.39 is 11.9 Å². The predicted molar refractivity (Wildman–Crippen MR) is 163 cm³/mol. The van der Waals surface area contributed by atoms with E-state index >= 15 is 0 Å².